The molecule has 24 aromatic rings. The van der Waals surface area contributed by atoms with Gasteiger partial charge in [-0.05, 0) is 224 Å². The molecule has 34 heteroatoms. The molecule has 1 aliphatic rings. The number of thiazole rings is 1. The Hall–Kier alpha value is -18.3. The highest BCUT2D eigenvalue weighted by Gasteiger charge is 2.22. The molecule has 0 atom stereocenters. The molecule has 5 aromatic carbocycles. The molecule has 20 heterocycles. The zero-order valence-electron chi connectivity index (χ0n) is 71.3. The molecule has 0 saturated carbocycles. The number of nitrogens with zero attached hydrogens (tertiary/aromatic N) is 23. The number of aromatic amines is 2. The minimum atomic E-state index is 0.0700. The van der Waals surface area contributed by atoms with Crippen LogP contribution in [0, 0.1) is 0 Å². The predicted molar refractivity (Wildman–Crippen MR) is 524 cm³/mol. The fourth-order valence-electron chi connectivity index (χ4n) is 14.6. The summed E-state index contributed by atoms with van der Waals surface area (Å²) in [5.74, 6) is 8.02. The number of hydrogen-bond donors (Lipinski definition) is 7. The zero-order valence-corrected chi connectivity index (χ0v) is 72.9. The van der Waals surface area contributed by atoms with Crippen LogP contribution in [-0.4, -0.2) is 131 Å². The molecule has 0 aliphatic carbocycles. The van der Waals surface area contributed by atoms with Crippen molar-refractivity contribution < 1.29 is 9.47 Å². The monoisotopic (exact) mass is 1790 g/mol. The van der Waals surface area contributed by atoms with Gasteiger partial charge in [0.15, 0.2) is 68.9 Å². The maximum absolute atomic E-state index is 5.44. The summed E-state index contributed by atoms with van der Waals surface area (Å²) in [5, 5.41) is 31.7. The largest absolute Gasteiger partial charge is 0.454 e. The molecule has 0 bridgehead atoms. The van der Waals surface area contributed by atoms with E-state index in [0.29, 0.717) is 74.7 Å². The molecule has 134 heavy (non-hydrogen) atoms. The van der Waals surface area contributed by atoms with Crippen molar-refractivity contribution in [2.45, 2.75) is 26.2 Å². The lowest BCUT2D eigenvalue weighted by Crippen LogP contribution is -2.10. The molecule has 0 spiro atoms. The molecule has 0 fully saturated rings. The normalized spacial score (nSPS) is 11.5. The highest BCUT2D eigenvalue weighted by molar-refractivity contribution is 7.16. The van der Waals surface area contributed by atoms with Crippen molar-refractivity contribution in [2.24, 2.45) is 0 Å². The number of anilines is 10. The highest BCUT2D eigenvalue weighted by atomic mass is 32.1. The van der Waals surface area contributed by atoms with Gasteiger partial charge < -0.3 is 41.0 Å². The van der Waals surface area contributed by atoms with Crippen LogP contribution in [0.3, 0.4) is 0 Å². The number of benzene rings is 5. The number of aromatic nitrogens is 25. The van der Waals surface area contributed by atoms with E-state index in [9.17, 15) is 0 Å². The summed E-state index contributed by atoms with van der Waals surface area (Å²) >= 11 is 3.09. The van der Waals surface area contributed by atoms with Gasteiger partial charge >= 0.3 is 0 Å². The highest BCUT2D eigenvalue weighted by Crippen LogP contribution is 2.39. The third-order valence-electron chi connectivity index (χ3n) is 21.3. The van der Waals surface area contributed by atoms with E-state index in [1.54, 1.807) is 110 Å². The quantitative estimate of drug-likeness (QED) is 0.0501. The Bertz CT molecular complexity index is 7910. The Labute approximate surface area is 769 Å². The number of nitrogens with one attached hydrogen (secondary N) is 7. The summed E-state index contributed by atoms with van der Waals surface area (Å²) in [6, 6.07) is 70.4. The van der Waals surface area contributed by atoms with Crippen LogP contribution < -0.4 is 36.1 Å². The standard InChI is InChI=1S/C24H22N6.C19H13N7.2C19H12N6S.C19H13N5O2/c1-24(2,3)20-14-16-13-17(6-7-19(16)28-20)27-23-18-5-4-10-26-22(18)29-21(30-23)15-8-11-25-12-9-15;2*1-2-15-18(21-7-1)24-17(12-5-8-20-9-6-12)25-19(15)23-14-4-3-13-11-22-26-16(13)10-14;1-2-14-18(21-7-1)24-17(12-5-8-20-9-6-12)25-19(14)23-13-3-4-15-16(10-13)26-11-22-15;1-2-14-18(21-7-1)23-17(12-5-8-20-9-6-12)24-19(14)22-13-3-4-15-16(10-13)26-11-25-15/h4-14,28H,1-3H3,(H,26,27,29,30);1-11H,(H,22,26)(H,21,23,24,25);2*1-11H,(H,21,23,24,25);1-10H,11H2,(H,21,22,23,24). The molecule has 0 saturated heterocycles. The van der Waals surface area contributed by atoms with Gasteiger partial charge in [0, 0.05) is 194 Å². The lowest BCUT2D eigenvalue weighted by molar-refractivity contribution is 0.174. The average Bonchev–Trinajstić information content (AvgIpc) is 1.55. The Morgan fingerprint density at radius 2 is 0.687 bits per heavy atom. The zero-order chi connectivity index (χ0) is 90.1. The van der Waals surface area contributed by atoms with Crippen molar-refractivity contribution in [3.63, 3.8) is 0 Å². The van der Waals surface area contributed by atoms with Gasteiger partial charge in [0.05, 0.1) is 59.1 Å². The second kappa shape index (κ2) is 37.2. The van der Waals surface area contributed by atoms with Crippen LogP contribution in [0.15, 0.2) is 329 Å². The van der Waals surface area contributed by atoms with Crippen molar-refractivity contribution in [1.29, 1.82) is 0 Å². The van der Waals surface area contributed by atoms with Gasteiger partial charge in [0.2, 0.25) is 6.79 Å². The molecular weight excluding hydrogens is 1720 g/mol. The van der Waals surface area contributed by atoms with E-state index in [4.69, 9.17) is 34.4 Å². The van der Waals surface area contributed by atoms with Crippen molar-refractivity contribution in [3.05, 3.63) is 335 Å². The number of H-pyrrole nitrogens is 2. The Morgan fingerprint density at radius 1 is 0.313 bits per heavy atom. The minimum absolute atomic E-state index is 0.0700. The maximum Gasteiger partial charge on any atom is 0.231 e. The first-order valence-corrected chi connectivity index (χ1v) is 43.7. The minimum Gasteiger partial charge on any atom is -0.454 e. The summed E-state index contributed by atoms with van der Waals surface area (Å²) in [6.45, 7) is 6.86. The third-order valence-corrected chi connectivity index (χ3v) is 22.8. The Balaban J connectivity index is 0.000000101. The Kier molecular flexibility index (Phi) is 22.9. The molecule has 1 aliphatic heterocycles. The van der Waals surface area contributed by atoms with Gasteiger partial charge in [-0.25, -0.2) is 79.7 Å². The van der Waals surface area contributed by atoms with Gasteiger partial charge in [0.25, 0.3) is 0 Å². The smallest absolute Gasteiger partial charge is 0.231 e. The second-order valence-corrected chi connectivity index (χ2v) is 33.0. The van der Waals surface area contributed by atoms with E-state index in [-0.39, 0.29) is 12.2 Å². The predicted octanol–water partition coefficient (Wildman–Crippen LogP) is 21.8. The summed E-state index contributed by atoms with van der Waals surface area (Å²) in [4.78, 5) is 96.8. The molecule has 19 aromatic heterocycles. The molecule has 32 nitrogen and oxygen atoms in total. The lowest BCUT2D eigenvalue weighted by Gasteiger charge is -2.15. The number of pyridine rings is 10. The second-order valence-electron chi connectivity index (χ2n) is 31.2. The van der Waals surface area contributed by atoms with Gasteiger partial charge in [0.1, 0.15) is 29.1 Å². The van der Waals surface area contributed by atoms with E-state index in [0.717, 1.165) is 148 Å². The Morgan fingerprint density at radius 3 is 1.12 bits per heavy atom. The van der Waals surface area contributed by atoms with Gasteiger partial charge in [-0.3, -0.25) is 30.0 Å². The van der Waals surface area contributed by atoms with E-state index in [1.807, 2.05) is 194 Å². The topological polar surface area (TPSA) is 407 Å². The average molecular weight is 1790 g/mol. The van der Waals surface area contributed by atoms with Crippen LogP contribution in [-0.2, 0) is 5.41 Å². The van der Waals surface area contributed by atoms with E-state index < -0.39 is 0 Å². The van der Waals surface area contributed by atoms with Crippen LogP contribution in [0.4, 0.5) is 57.5 Å². The summed E-state index contributed by atoms with van der Waals surface area (Å²) in [6.07, 6.45) is 29.6. The van der Waals surface area contributed by atoms with Crippen LogP contribution >= 0.6 is 22.9 Å². The molecule has 7 N–H and O–H groups in total. The van der Waals surface area contributed by atoms with E-state index in [1.165, 1.54) is 17.2 Å². The molecule has 0 amide bonds. The van der Waals surface area contributed by atoms with Gasteiger partial charge in [-0.15, -0.1) is 11.3 Å². The van der Waals surface area contributed by atoms with Crippen molar-refractivity contribution >= 4 is 178 Å². The van der Waals surface area contributed by atoms with E-state index in [2.05, 4.69) is 183 Å². The number of fused-ring (bicyclic) bond motifs is 10. The number of ether oxygens (including phenoxy) is 2. The van der Waals surface area contributed by atoms with Crippen LogP contribution in [0.5, 0.6) is 11.5 Å². The first-order valence-electron chi connectivity index (χ1n) is 42.1. The summed E-state index contributed by atoms with van der Waals surface area (Å²) < 4.78 is 17.3. The van der Waals surface area contributed by atoms with Gasteiger partial charge in [-0.1, -0.05) is 20.8 Å². The van der Waals surface area contributed by atoms with Gasteiger partial charge in [-0.2, -0.15) is 9.47 Å². The fraction of sp³-hybridized carbons (Fsp3) is 0.0500. The molecule has 25 rings (SSSR count). The van der Waals surface area contributed by atoms with Crippen molar-refractivity contribution in [1.82, 2.24) is 124 Å². The summed E-state index contributed by atoms with van der Waals surface area (Å²) in [7, 11) is 0. The fourth-order valence-corrected chi connectivity index (χ4v) is 16.0. The third kappa shape index (κ3) is 18.5. The molecule has 0 unspecified atom stereocenters. The first kappa shape index (κ1) is 82.7. The van der Waals surface area contributed by atoms with Crippen LogP contribution in [0.2, 0.25) is 0 Å². The van der Waals surface area contributed by atoms with Crippen molar-refractivity contribution in [3.8, 4) is 68.4 Å². The maximum atomic E-state index is 5.44. The first-order chi connectivity index (χ1) is 65.9. The lowest BCUT2D eigenvalue weighted by atomic mass is 9.92. The van der Waals surface area contributed by atoms with Crippen molar-refractivity contribution in [2.75, 3.05) is 33.4 Å². The van der Waals surface area contributed by atoms with E-state index >= 15 is 0 Å². The molecule has 0 radical (unpaired) electrons. The SMILES string of the molecule is CC(C)(C)c1cc2cc(Nc3nc(-c4ccncc4)nc4ncccc34)ccc2[nH]1.c1cnc2nc(-c3ccncc3)nc(Nc3ccc4c(c3)OCO4)c2c1.c1cnc2nc(-c3ccncc3)nc(Nc3ccc4cn[nH]c4c3)c2c1.c1cnc2nc(-c3ccncc3)nc(Nc3ccc4cnsc4c3)c2c1.c1cnc2nc(-c3ccncc3)nc(Nc3ccc4ncsc4c3)c2c1. The molecule has 646 valence electrons. The van der Waals surface area contributed by atoms with Crippen LogP contribution in [0.1, 0.15) is 26.5 Å². The number of rotatable bonds is 15. The number of hydrogen-bond acceptors (Lipinski definition) is 32. The van der Waals surface area contributed by atoms with Crippen LogP contribution in [0.25, 0.3) is 154 Å². The molecular formula is C100H72N30O2S2. The summed E-state index contributed by atoms with van der Waals surface area (Å²) in [5.41, 5.74) is 18.5.